The van der Waals surface area contributed by atoms with Crippen LogP contribution in [0.15, 0.2) is 30.6 Å². The smallest absolute Gasteiger partial charge is 0.271 e. The van der Waals surface area contributed by atoms with Crippen molar-refractivity contribution < 1.29 is 18.3 Å². The van der Waals surface area contributed by atoms with E-state index < -0.39 is 17.5 Å². The van der Waals surface area contributed by atoms with Crippen molar-refractivity contribution in [3.63, 3.8) is 0 Å². The molecule has 0 atom stereocenters. The van der Waals surface area contributed by atoms with Gasteiger partial charge in [-0.05, 0) is 6.07 Å². The number of carbonyl (C=O) groups is 1. The van der Waals surface area contributed by atoms with Gasteiger partial charge in [-0.1, -0.05) is 40.9 Å². The Labute approximate surface area is 178 Å². The van der Waals surface area contributed by atoms with Crippen LogP contribution in [0.1, 0.15) is 21.6 Å². The van der Waals surface area contributed by atoms with Gasteiger partial charge in [-0.3, -0.25) is 4.79 Å². The highest BCUT2D eigenvalue weighted by Gasteiger charge is 2.19. The highest BCUT2D eigenvalue weighted by atomic mass is 35.5. The zero-order chi connectivity index (χ0) is 21.1. The van der Waals surface area contributed by atoms with Crippen LogP contribution in [0, 0.1) is 23.0 Å². The predicted octanol–water partition coefficient (Wildman–Crippen LogP) is 5.24. The van der Waals surface area contributed by atoms with Gasteiger partial charge in [-0.25, -0.2) is 13.8 Å². The molecule has 0 fully saturated rings. The summed E-state index contributed by atoms with van der Waals surface area (Å²) in [5.74, 6) is -2.81. The molecule has 3 aromatic rings. The molecule has 0 unspecified atom stereocenters. The molecule has 148 valence electrons. The zero-order valence-corrected chi connectivity index (χ0v) is 16.5. The van der Waals surface area contributed by atoms with Gasteiger partial charge in [-0.15, -0.1) is 0 Å². The third kappa shape index (κ3) is 4.43. The van der Waals surface area contributed by atoms with Crippen LogP contribution in [0.2, 0.25) is 15.2 Å². The largest absolute Gasteiger partial charge is 0.453 e. The molecule has 0 saturated carbocycles. The fraction of sp³-hybridized carbons (Fsp3) is 0.0556. The van der Waals surface area contributed by atoms with Crippen molar-refractivity contribution in [3.05, 3.63) is 74.2 Å². The quantitative estimate of drug-likeness (QED) is 0.548. The molecule has 0 aliphatic carbocycles. The molecule has 0 bridgehead atoms. The van der Waals surface area contributed by atoms with Crippen LogP contribution >= 0.6 is 34.8 Å². The van der Waals surface area contributed by atoms with E-state index in [1.807, 2.05) is 0 Å². The normalized spacial score (nSPS) is 10.5. The summed E-state index contributed by atoms with van der Waals surface area (Å²) < 4.78 is 34.0. The van der Waals surface area contributed by atoms with Gasteiger partial charge in [0.2, 0.25) is 0 Å². The number of carbonyl (C=O) groups excluding carboxylic acids is 1. The van der Waals surface area contributed by atoms with Crippen LogP contribution in [0.3, 0.4) is 0 Å². The van der Waals surface area contributed by atoms with E-state index in [-0.39, 0.29) is 50.1 Å². The fourth-order valence-electron chi connectivity index (χ4n) is 2.33. The second-order valence-corrected chi connectivity index (χ2v) is 6.75. The van der Waals surface area contributed by atoms with Crippen LogP contribution in [0.25, 0.3) is 0 Å². The molecule has 0 saturated heterocycles. The minimum Gasteiger partial charge on any atom is -0.453 e. The van der Waals surface area contributed by atoms with Crippen LogP contribution in [-0.2, 0) is 6.54 Å². The number of hydrogen-bond acceptors (Lipinski definition) is 4. The number of hydrogen-bond donors (Lipinski definition) is 2. The van der Waals surface area contributed by atoms with Gasteiger partial charge < -0.3 is 15.0 Å². The van der Waals surface area contributed by atoms with E-state index >= 15 is 0 Å². The number of nitrogens with one attached hydrogen (secondary N) is 2. The molecular weight excluding hydrogens is 449 g/mol. The topological polar surface area (TPSA) is 90.8 Å². The lowest BCUT2D eigenvalue weighted by Crippen LogP contribution is -2.24. The standard InChI is InChI=1S/C18H9Cl3F2N4O2/c19-11-2-1-8(6-25-18(28)15-17(21)27-7-26-15)14(23)16(11)29-10-3-9(5-24)13(22)12(20)4-10/h1-4,7H,6H2,(H,25,28)(H,26,27). The first-order chi connectivity index (χ1) is 13.8. The summed E-state index contributed by atoms with van der Waals surface area (Å²) in [4.78, 5) is 18.3. The maximum Gasteiger partial charge on any atom is 0.271 e. The van der Waals surface area contributed by atoms with Crippen molar-refractivity contribution in [2.75, 3.05) is 0 Å². The number of aromatic amines is 1. The highest BCUT2D eigenvalue weighted by Crippen LogP contribution is 2.36. The molecule has 2 aromatic carbocycles. The summed E-state index contributed by atoms with van der Waals surface area (Å²) in [5, 5.41) is 11.0. The van der Waals surface area contributed by atoms with E-state index in [2.05, 4.69) is 15.3 Å². The lowest BCUT2D eigenvalue weighted by molar-refractivity contribution is 0.0946. The maximum absolute atomic E-state index is 14.9. The molecule has 6 nitrogen and oxygen atoms in total. The Hall–Kier alpha value is -2.86. The van der Waals surface area contributed by atoms with E-state index in [4.69, 9.17) is 44.8 Å². The predicted molar refractivity (Wildman–Crippen MR) is 102 cm³/mol. The molecule has 3 rings (SSSR count). The number of benzene rings is 2. The van der Waals surface area contributed by atoms with Crippen LogP contribution in [0.4, 0.5) is 8.78 Å². The van der Waals surface area contributed by atoms with Crippen molar-refractivity contribution in [1.29, 1.82) is 5.26 Å². The third-order valence-corrected chi connectivity index (χ3v) is 4.59. The molecule has 1 amide bonds. The van der Waals surface area contributed by atoms with Crippen molar-refractivity contribution in [2.24, 2.45) is 0 Å². The number of halogens is 5. The Balaban J connectivity index is 1.84. The van der Waals surface area contributed by atoms with E-state index in [1.54, 1.807) is 6.07 Å². The van der Waals surface area contributed by atoms with Gasteiger partial charge in [0.15, 0.2) is 22.5 Å². The van der Waals surface area contributed by atoms with E-state index in [1.165, 1.54) is 18.5 Å². The van der Waals surface area contributed by atoms with Crippen LogP contribution in [0.5, 0.6) is 11.5 Å². The first-order valence-corrected chi connectivity index (χ1v) is 8.96. The van der Waals surface area contributed by atoms with Gasteiger partial charge in [0.05, 0.1) is 21.9 Å². The molecular formula is C18H9Cl3F2N4O2. The fourth-order valence-corrected chi connectivity index (χ4v) is 2.91. The van der Waals surface area contributed by atoms with E-state index in [0.29, 0.717) is 0 Å². The monoisotopic (exact) mass is 456 g/mol. The Morgan fingerprint density at radius 2 is 1.97 bits per heavy atom. The number of H-pyrrole nitrogens is 1. The maximum atomic E-state index is 14.9. The Morgan fingerprint density at radius 1 is 1.21 bits per heavy atom. The molecule has 1 heterocycles. The highest BCUT2D eigenvalue weighted by molar-refractivity contribution is 6.32. The van der Waals surface area contributed by atoms with Crippen molar-refractivity contribution in [3.8, 4) is 17.6 Å². The Morgan fingerprint density at radius 3 is 2.62 bits per heavy atom. The second kappa shape index (κ2) is 8.66. The molecule has 0 aliphatic heterocycles. The first kappa shape index (κ1) is 20.9. The van der Waals surface area contributed by atoms with Gasteiger partial charge >= 0.3 is 0 Å². The number of imidazole rings is 1. The minimum absolute atomic E-state index is 0.0235. The lowest BCUT2D eigenvalue weighted by atomic mass is 10.2. The van der Waals surface area contributed by atoms with Gasteiger partial charge in [0, 0.05) is 24.2 Å². The van der Waals surface area contributed by atoms with E-state index in [9.17, 15) is 13.6 Å². The van der Waals surface area contributed by atoms with Crippen molar-refractivity contribution in [1.82, 2.24) is 15.3 Å². The summed E-state index contributed by atoms with van der Waals surface area (Å²) >= 11 is 17.5. The molecule has 1 aromatic heterocycles. The van der Waals surface area contributed by atoms with Crippen LogP contribution in [-0.4, -0.2) is 15.9 Å². The van der Waals surface area contributed by atoms with Crippen LogP contribution < -0.4 is 10.1 Å². The average molecular weight is 458 g/mol. The zero-order valence-electron chi connectivity index (χ0n) is 14.2. The summed E-state index contributed by atoms with van der Waals surface area (Å²) in [6.45, 7) is -0.207. The molecule has 0 aliphatic rings. The number of amides is 1. The first-order valence-electron chi connectivity index (χ1n) is 7.82. The second-order valence-electron chi connectivity index (χ2n) is 5.58. The molecule has 0 spiro atoms. The lowest BCUT2D eigenvalue weighted by Gasteiger charge is -2.13. The SMILES string of the molecule is N#Cc1cc(Oc2c(Cl)ccc(CNC(=O)c3[nH]cnc3Cl)c2F)cc(Cl)c1F. The minimum atomic E-state index is -0.915. The van der Waals surface area contributed by atoms with Gasteiger partial charge in [0.1, 0.15) is 17.5 Å². The third-order valence-electron chi connectivity index (χ3n) is 3.73. The summed E-state index contributed by atoms with van der Waals surface area (Å²) in [6.07, 6.45) is 1.25. The summed E-state index contributed by atoms with van der Waals surface area (Å²) in [5.41, 5.74) is -0.284. The molecule has 29 heavy (non-hydrogen) atoms. The summed E-state index contributed by atoms with van der Waals surface area (Å²) in [7, 11) is 0. The van der Waals surface area contributed by atoms with Crippen molar-refractivity contribution in [2.45, 2.75) is 6.54 Å². The average Bonchev–Trinajstić information content (AvgIpc) is 3.12. The number of nitrogens with zero attached hydrogens (tertiary/aromatic N) is 2. The number of ether oxygens (including phenoxy) is 1. The molecule has 0 radical (unpaired) electrons. The Bertz CT molecular complexity index is 1140. The number of rotatable bonds is 5. The van der Waals surface area contributed by atoms with Gasteiger partial charge in [-0.2, -0.15) is 5.26 Å². The number of nitriles is 1. The summed E-state index contributed by atoms with van der Waals surface area (Å²) in [6, 6.07) is 6.49. The number of aromatic nitrogens is 2. The van der Waals surface area contributed by atoms with Crippen molar-refractivity contribution >= 4 is 40.7 Å². The molecule has 2 N–H and O–H groups in total. The Kier molecular flexibility index (Phi) is 6.23. The van der Waals surface area contributed by atoms with E-state index in [0.717, 1.165) is 12.1 Å². The molecule has 11 heteroatoms. The van der Waals surface area contributed by atoms with Gasteiger partial charge in [0.25, 0.3) is 5.91 Å².